The molecule has 0 fully saturated rings. The van der Waals surface area contributed by atoms with E-state index in [1.54, 1.807) is 12.1 Å². The third-order valence-corrected chi connectivity index (χ3v) is 6.19. The van der Waals surface area contributed by atoms with Gasteiger partial charge in [0, 0.05) is 36.1 Å². The number of benzene rings is 1. The molecule has 0 saturated heterocycles. The van der Waals surface area contributed by atoms with E-state index < -0.39 is 0 Å². The molecular weight excluding hydrogens is 354 g/mol. The highest BCUT2D eigenvalue weighted by Gasteiger charge is 2.39. The number of allylic oxidation sites excluding steroid dienone is 14. The van der Waals surface area contributed by atoms with Crippen molar-refractivity contribution in [2.75, 3.05) is 0 Å². The van der Waals surface area contributed by atoms with E-state index in [4.69, 9.17) is 0 Å². The molecule has 4 aliphatic carbocycles. The minimum Gasteiger partial charge on any atom is -0.508 e. The fourth-order valence-electron chi connectivity index (χ4n) is 4.83. The molecule has 138 valence electrons. The van der Waals surface area contributed by atoms with E-state index in [-0.39, 0.29) is 0 Å². The summed E-state index contributed by atoms with van der Waals surface area (Å²) >= 11 is 0. The summed E-state index contributed by atoms with van der Waals surface area (Å²) in [6.45, 7) is 0. The van der Waals surface area contributed by atoms with Gasteiger partial charge in [0.15, 0.2) is 12.4 Å². The van der Waals surface area contributed by atoms with Crippen LogP contribution in [0.3, 0.4) is 0 Å². The number of phenols is 1. The van der Waals surface area contributed by atoms with E-state index in [2.05, 4.69) is 77.7 Å². The van der Waals surface area contributed by atoms with Gasteiger partial charge >= 0.3 is 0 Å². The molecule has 4 aliphatic rings. The molecule has 6 rings (SSSR count). The zero-order valence-corrected chi connectivity index (χ0v) is 15.9. The summed E-state index contributed by atoms with van der Waals surface area (Å²) in [7, 11) is 0. The van der Waals surface area contributed by atoms with Gasteiger partial charge in [0.1, 0.15) is 5.75 Å². The summed E-state index contributed by atoms with van der Waals surface area (Å²) in [5, 5.41) is 9.60. The molecule has 1 aromatic heterocycles. The van der Waals surface area contributed by atoms with Crippen molar-refractivity contribution in [2.45, 2.75) is 0 Å². The van der Waals surface area contributed by atoms with E-state index in [9.17, 15) is 5.11 Å². The van der Waals surface area contributed by atoms with Crippen molar-refractivity contribution < 1.29 is 9.67 Å². The zero-order valence-electron chi connectivity index (χ0n) is 15.9. The lowest BCUT2D eigenvalue weighted by atomic mass is 9.63. The van der Waals surface area contributed by atoms with E-state index in [1.165, 1.54) is 33.6 Å². The lowest BCUT2D eigenvalue weighted by Crippen LogP contribution is -2.35. The quantitative estimate of drug-likeness (QED) is 0.722. The highest BCUT2D eigenvalue weighted by atomic mass is 16.3. The fourth-order valence-corrected chi connectivity index (χ4v) is 4.83. The number of hydrogen-bond acceptors (Lipinski definition) is 1. The molecular formula is C27H20NO+. The van der Waals surface area contributed by atoms with Gasteiger partial charge in [-0.1, -0.05) is 54.7 Å². The summed E-state index contributed by atoms with van der Waals surface area (Å²) in [5.41, 5.74) is 9.00. The normalized spacial score (nSPS) is 23.7. The first-order chi connectivity index (χ1) is 14.3. The van der Waals surface area contributed by atoms with Gasteiger partial charge < -0.3 is 5.11 Å². The summed E-state index contributed by atoms with van der Waals surface area (Å²) in [5.74, 6) is 1.07. The molecule has 0 spiro atoms. The van der Waals surface area contributed by atoms with Crippen LogP contribution in [0.15, 0.2) is 126 Å². The molecule has 0 saturated carbocycles. The number of aromatic hydroxyl groups is 1. The number of aromatic nitrogens is 1. The molecule has 2 nitrogen and oxygen atoms in total. The highest BCUT2D eigenvalue weighted by molar-refractivity contribution is 5.82. The molecule has 1 heterocycles. The number of rotatable bonds is 2. The third kappa shape index (κ3) is 2.60. The molecule has 0 aliphatic heterocycles. The van der Waals surface area contributed by atoms with Crippen molar-refractivity contribution in [1.82, 2.24) is 0 Å². The van der Waals surface area contributed by atoms with Crippen LogP contribution in [0.1, 0.15) is 5.56 Å². The fraction of sp³-hybridized carbons (Fsp3) is 0.0741. The smallest absolute Gasteiger partial charge is 0.211 e. The van der Waals surface area contributed by atoms with E-state index in [0.29, 0.717) is 17.6 Å². The first kappa shape index (κ1) is 16.3. The van der Waals surface area contributed by atoms with Gasteiger partial charge in [-0.15, -0.1) is 0 Å². The Morgan fingerprint density at radius 1 is 0.655 bits per heavy atom. The number of nitrogens with zero attached hydrogens (tertiary/aromatic N) is 1. The van der Waals surface area contributed by atoms with Crippen LogP contribution in [0.4, 0.5) is 0 Å². The SMILES string of the molecule is Oc1ccc(C2=CC3=CC=C4C=C([n+]5ccccc5)C=C5C=CC(=C2)C3C45)cc1. The second-order valence-corrected chi connectivity index (χ2v) is 7.91. The van der Waals surface area contributed by atoms with Crippen LogP contribution in [0.5, 0.6) is 5.75 Å². The number of hydrogen-bond donors (Lipinski definition) is 1. The van der Waals surface area contributed by atoms with Crippen LogP contribution >= 0.6 is 0 Å². The Bertz CT molecular complexity index is 1230. The van der Waals surface area contributed by atoms with Gasteiger partial charge in [-0.3, -0.25) is 0 Å². The van der Waals surface area contributed by atoms with Crippen LogP contribution in [-0.4, -0.2) is 5.11 Å². The van der Waals surface area contributed by atoms with Gasteiger partial charge in [0.2, 0.25) is 5.70 Å². The lowest BCUT2D eigenvalue weighted by Gasteiger charge is -2.40. The maximum Gasteiger partial charge on any atom is 0.211 e. The van der Waals surface area contributed by atoms with Crippen LogP contribution < -0.4 is 4.57 Å². The molecule has 2 unspecified atom stereocenters. The van der Waals surface area contributed by atoms with Gasteiger partial charge in [0.25, 0.3) is 0 Å². The molecule has 0 radical (unpaired) electrons. The predicted octanol–water partition coefficient (Wildman–Crippen LogP) is 5.15. The van der Waals surface area contributed by atoms with Crippen LogP contribution in [-0.2, 0) is 0 Å². The van der Waals surface area contributed by atoms with Gasteiger partial charge in [-0.25, -0.2) is 0 Å². The van der Waals surface area contributed by atoms with Crippen LogP contribution in [0.25, 0.3) is 11.3 Å². The maximum absolute atomic E-state index is 9.60. The molecule has 1 N–H and O–H groups in total. The molecule has 0 bridgehead atoms. The second-order valence-electron chi connectivity index (χ2n) is 7.91. The average Bonchev–Trinajstić information content (AvgIpc) is 2.78. The largest absolute Gasteiger partial charge is 0.508 e. The minimum atomic E-state index is 0.300. The van der Waals surface area contributed by atoms with Crippen molar-refractivity contribution >= 4 is 11.3 Å². The van der Waals surface area contributed by atoms with E-state index in [1.807, 2.05) is 18.2 Å². The molecule has 1 aromatic carbocycles. The van der Waals surface area contributed by atoms with E-state index >= 15 is 0 Å². The molecule has 0 amide bonds. The molecule has 2 atom stereocenters. The second kappa shape index (κ2) is 6.18. The topological polar surface area (TPSA) is 24.1 Å². The van der Waals surface area contributed by atoms with Crippen molar-refractivity contribution in [2.24, 2.45) is 11.8 Å². The first-order valence-corrected chi connectivity index (χ1v) is 9.99. The Hall–Kier alpha value is -3.65. The van der Waals surface area contributed by atoms with Crippen molar-refractivity contribution in [1.29, 1.82) is 0 Å². The Labute approximate surface area is 170 Å². The van der Waals surface area contributed by atoms with Gasteiger partial charge in [0.05, 0.1) is 0 Å². The monoisotopic (exact) mass is 374 g/mol. The number of phenolic OH excluding ortho intramolecular Hbond substituents is 1. The Kier molecular flexibility index (Phi) is 3.48. The summed E-state index contributed by atoms with van der Waals surface area (Å²) in [6.07, 6.45) is 22.5. The Morgan fingerprint density at radius 2 is 1.31 bits per heavy atom. The molecule has 2 heteroatoms. The summed E-state index contributed by atoms with van der Waals surface area (Å²) in [4.78, 5) is 0. The third-order valence-electron chi connectivity index (χ3n) is 6.19. The maximum atomic E-state index is 9.60. The summed E-state index contributed by atoms with van der Waals surface area (Å²) < 4.78 is 2.17. The zero-order chi connectivity index (χ0) is 19.4. The predicted molar refractivity (Wildman–Crippen MR) is 115 cm³/mol. The summed E-state index contributed by atoms with van der Waals surface area (Å²) in [6, 6.07) is 13.6. The minimum absolute atomic E-state index is 0.300. The van der Waals surface area contributed by atoms with Gasteiger partial charge in [-0.2, -0.15) is 4.57 Å². The average molecular weight is 374 g/mol. The van der Waals surface area contributed by atoms with Crippen molar-refractivity contribution in [3.05, 3.63) is 131 Å². The molecule has 2 aromatic rings. The van der Waals surface area contributed by atoms with Crippen LogP contribution in [0.2, 0.25) is 0 Å². The highest BCUT2D eigenvalue weighted by Crippen LogP contribution is 2.50. The van der Waals surface area contributed by atoms with Crippen LogP contribution in [0, 0.1) is 11.8 Å². The standard InChI is InChI=1S/C27H19NO/c29-25-10-8-18(9-11-25)23-14-19-4-6-21-16-24(28-12-2-1-3-13-28)17-22-7-5-20(15-23)26(19)27(21)22/h1-17,26-27H/p+1. The Morgan fingerprint density at radius 3 is 2.03 bits per heavy atom. The van der Waals surface area contributed by atoms with Crippen molar-refractivity contribution in [3.63, 3.8) is 0 Å². The Balaban J connectivity index is 1.47. The number of pyridine rings is 1. The van der Waals surface area contributed by atoms with Gasteiger partial charge in [-0.05, 0) is 45.6 Å². The first-order valence-electron chi connectivity index (χ1n) is 9.99. The lowest BCUT2D eigenvalue weighted by molar-refractivity contribution is -0.578. The molecule has 29 heavy (non-hydrogen) atoms. The van der Waals surface area contributed by atoms with E-state index in [0.717, 1.165) is 5.56 Å². The van der Waals surface area contributed by atoms with Crippen molar-refractivity contribution in [3.8, 4) is 5.75 Å².